The Kier molecular flexibility index (Phi) is 7.09. The Morgan fingerprint density at radius 1 is 0.692 bits per heavy atom. The molecule has 0 aliphatic heterocycles. The van der Waals surface area contributed by atoms with Crippen molar-refractivity contribution in [2.24, 2.45) is 0 Å². The summed E-state index contributed by atoms with van der Waals surface area (Å²) in [6.45, 7) is 15.7. The number of rotatable bonds is 4. The van der Waals surface area contributed by atoms with Gasteiger partial charge in [-0.3, -0.25) is 0 Å². The zero-order chi connectivity index (χ0) is 38.1. The summed E-state index contributed by atoms with van der Waals surface area (Å²) in [5.74, 6) is 1.92. The van der Waals surface area contributed by atoms with E-state index in [-0.39, 0.29) is 23.4 Å². The fourth-order valence-corrected chi connectivity index (χ4v) is 9.59. The van der Waals surface area contributed by atoms with Crippen LogP contribution in [-0.4, -0.2) is 0 Å². The lowest BCUT2D eigenvalue weighted by molar-refractivity contribution is 0.570. The van der Waals surface area contributed by atoms with E-state index in [1.807, 2.05) is 119 Å². The summed E-state index contributed by atoms with van der Waals surface area (Å²) in [6.07, 6.45) is 0. The van der Waals surface area contributed by atoms with E-state index in [1.165, 1.54) is 0 Å². The number of furan rings is 2. The Morgan fingerprint density at radius 2 is 1.15 bits per heavy atom. The second-order valence-electron chi connectivity index (χ2n) is 13.5. The summed E-state index contributed by atoms with van der Waals surface area (Å²) in [5.41, 5.74) is 4.27. The monoisotopic (exact) mass is 710 g/mol. The number of hydrogen-bond acceptors (Lipinski definition) is 7. The number of nitriles is 3. The summed E-state index contributed by atoms with van der Waals surface area (Å²) in [4.78, 5) is 5.30. The van der Waals surface area contributed by atoms with Crippen molar-refractivity contribution in [2.45, 2.75) is 38.5 Å². The van der Waals surface area contributed by atoms with Gasteiger partial charge in [0.2, 0.25) is 0 Å². The lowest BCUT2D eigenvalue weighted by Crippen LogP contribution is -2.15. The predicted molar refractivity (Wildman–Crippen MR) is 207 cm³/mol. The maximum atomic E-state index is 9.85. The lowest BCUT2D eigenvalue weighted by Gasteiger charge is -2.22. The summed E-state index contributed by atoms with van der Waals surface area (Å²) in [6, 6.07) is 33.0. The van der Waals surface area contributed by atoms with Gasteiger partial charge in [-0.05, 0) is 81.9 Å². The highest BCUT2D eigenvalue weighted by molar-refractivity contribution is 7.31. The van der Waals surface area contributed by atoms with Gasteiger partial charge in [-0.1, -0.05) is 76.2 Å². The van der Waals surface area contributed by atoms with Gasteiger partial charge in [0.05, 0.1) is 25.1 Å². The second-order valence-corrected chi connectivity index (χ2v) is 15.7. The van der Waals surface area contributed by atoms with E-state index in [0.717, 1.165) is 41.4 Å². The highest BCUT2D eigenvalue weighted by Gasteiger charge is 2.41. The molecule has 8 heteroatoms. The summed E-state index contributed by atoms with van der Waals surface area (Å²) in [7, 11) is 0. The molecule has 4 heterocycles. The molecule has 0 saturated heterocycles. The van der Waals surface area contributed by atoms with Crippen molar-refractivity contribution in [3.63, 3.8) is 0 Å². The van der Waals surface area contributed by atoms with Gasteiger partial charge in [-0.15, -0.1) is 22.7 Å². The van der Waals surface area contributed by atoms with Crippen molar-refractivity contribution in [3.05, 3.63) is 153 Å². The highest BCUT2D eigenvalue weighted by atomic mass is 32.1. The van der Waals surface area contributed by atoms with Crippen LogP contribution in [0.15, 0.2) is 116 Å². The first-order valence-electron chi connectivity index (χ1n) is 17.4. The average molecular weight is 711 g/mol. The minimum Gasteiger partial charge on any atom is -0.456 e. The van der Waals surface area contributed by atoms with Crippen molar-refractivity contribution in [3.8, 4) is 39.5 Å². The van der Waals surface area contributed by atoms with Gasteiger partial charge in [0.15, 0.2) is 0 Å². The molecular formula is C44H28N4O2S2. The Bertz CT molecular complexity index is 2650. The van der Waals surface area contributed by atoms with Crippen LogP contribution in [0.3, 0.4) is 0 Å². The van der Waals surface area contributed by atoms with Gasteiger partial charge in [-0.2, -0.15) is 10.5 Å². The van der Waals surface area contributed by atoms with E-state index in [4.69, 9.17) is 15.4 Å². The van der Waals surface area contributed by atoms with Crippen LogP contribution in [0.5, 0.6) is 0 Å². The molecule has 0 amide bonds. The first-order valence-corrected chi connectivity index (χ1v) is 18.0. The van der Waals surface area contributed by atoms with E-state index in [9.17, 15) is 18.5 Å². The smallest absolute Gasteiger partial charge is 0.269 e. The van der Waals surface area contributed by atoms with Crippen molar-refractivity contribution in [1.29, 1.82) is 15.8 Å². The Hall–Kier alpha value is -6.42. The molecule has 2 aliphatic carbocycles. The van der Waals surface area contributed by atoms with Crippen LogP contribution in [0.25, 0.3) is 58.8 Å². The molecule has 248 valence electrons. The number of benzene rings is 2. The molecule has 0 bridgehead atoms. The Labute approximate surface area is 312 Å². The zero-order valence-electron chi connectivity index (χ0n) is 30.5. The van der Waals surface area contributed by atoms with Gasteiger partial charge in [-0.25, -0.2) is 10.1 Å². The molecule has 0 spiro atoms. The summed E-state index contributed by atoms with van der Waals surface area (Å²) >= 11 is 3.10. The maximum Gasteiger partial charge on any atom is 0.269 e. The van der Waals surface area contributed by atoms with Crippen molar-refractivity contribution in [2.75, 3.05) is 0 Å². The first kappa shape index (κ1) is 30.4. The summed E-state index contributed by atoms with van der Waals surface area (Å²) < 4.78 is 33.2. The van der Waals surface area contributed by atoms with Crippen LogP contribution in [0.2, 0.25) is 0 Å². The average Bonchev–Trinajstić information content (AvgIpc) is 4.01. The third-order valence-corrected chi connectivity index (χ3v) is 12.1. The third-order valence-electron chi connectivity index (χ3n) is 9.82. The molecule has 6 nitrogen and oxygen atoms in total. The second kappa shape index (κ2) is 12.1. The minimum absolute atomic E-state index is 0.0316. The topological polar surface area (TPSA) is 102 Å². The molecule has 0 radical (unpaired) electrons. The lowest BCUT2D eigenvalue weighted by atomic mass is 9.81. The van der Waals surface area contributed by atoms with E-state index >= 15 is 0 Å². The standard InChI is InChI=1S/C44H28N4O2S2/c1-43(2)30-12-8-6-10-28(30)41(25(22-45)23-46)32(43)18-26-14-16-35(49-26)37-20-39-40(51-37)21-38(52-39)36-17-15-27(50-36)19-33-42(34(24-47)48-5)29-11-7-9-13-31(29)44(33,3)4/h6-21H,1-4H3/b32-18+,33-19+,42-34-/i18D,19D. The quantitative estimate of drug-likeness (QED) is 0.134. The van der Waals surface area contributed by atoms with E-state index < -0.39 is 10.8 Å². The molecule has 0 fully saturated rings. The van der Waals surface area contributed by atoms with Crippen LogP contribution in [0, 0.1) is 40.6 Å². The molecule has 0 unspecified atom stereocenters. The van der Waals surface area contributed by atoms with Gasteiger partial charge < -0.3 is 8.83 Å². The number of thiophene rings is 2. The number of fused-ring (bicyclic) bond motifs is 3. The van der Waals surface area contributed by atoms with Crippen LogP contribution in [0.4, 0.5) is 0 Å². The van der Waals surface area contributed by atoms with Crippen molar-refractivity contribution < 1.29 is 11.6 Å². The molecule has 8 rings (SSSR count). The van der Waals surface area contributed by atoms with Crippen molar-refractivity contribution >= 4 is 55.3 Å². The van der Waals surface area contributed by atoms with Crippen LogP contribution < -0.4 is 0 Å². The molecule has 4 aromatic heterocycles. The predicted octanol–water partition coefficient (Wildman–Crippen LogP) is 12.2. The zero-order valence-corrected chi connectivity index (χ0v) is 30.1. The molecule has 2 aliphatic rings. The highest BCUT2D eigenvalue weighted by Crippen LogP contribution is 2.53. The third kappa shape index (κ3) is 5.01. The molecule has 6 aromatic rings. The normalized spacial score (nSPS) is 18.7. The van der Waals surface area contributed by atoms with Gasteiger partial charge in [0.25, 0.3) is 5.70 Å². The molecule has 2 aromatic carbocycles. The van der Waals surface area contributed by atoms with Crippen molar-refractivity contribution in [1.82, 2.24) is 0 Å². The maximum absolute atomic E-state index is 9.85. The fraction of sp³-hybridized carbons (Fsp3) is 0.136. The minimum atomic E-state index is -0.631. The molecule has 0 atom stereocenters. The number of hydrogen-bond donors (Lipinski definition) is 0. The van der Waals surface area contributed by atoms with Crippen LogP contribution in [-0.2, 0) is 10.8 Å². The van der Waals surface area contributed by atoms with E-state index in [1.54, 1.807) is 34.8 Å². The number of nitrogens with zero attached hydrogens (tertiary/aromatic N) is 4. The van der Waals surface area contributed by atoms with Gasteiger partial charge in [0, 0.05) is 31.4 Å². The summed E-state index contributed by atoms with van der Waals surface area (Å²) in [5, 5.41) is 29.5. The van der Waals surface area contributed by atoms with E-state index in [2.05, 4.69) is 4.85 Å². The molecular weight excluding hydrogens is 681 g/mol. The van der Waals surface area contributed by atoms with Crippen LogP contribution in [0.1, 0.15) is 64.2 Å². The fourth-order valence-electron chi connectivity index (χ4n) is 7.27. The van der Waals surface area contributed by atoms with Gasteiger partial charge >= 0.3 is 0 Å². The van der Waals surface area contributed by atoms with E-state index in [0.29, 0.717) is 45.3 Å². The Balaban J connectivity index is 1.12. The first-order chi connectivity index (χ1) is 25.9. The SMILES string of the molecule is [2H]/C(=C1/C(=C(C#N)C#N)c2ccccc2C1(C)C)c1ccc(-c2cc3sc(-c4ccc(/C([2H])=C5\C(=C(\C#N)[N+]#[C-])c6ccccc6C5(C)C)o4)cc3s2)o1. The van der Waals surface area contributed by atoms with Gasteiger partial charge in [0.1, 0.15) is 40.8 Å². The number of allylic oxidation sites excluding steroid dienone is 6. The molecule has 0 saturated carbocycles. The Morgan fingerprint density at radius 3 is 1.62 bits per heavy atom. The largest absolute Gasteiger partial charge is 0.456 e. The molecule has 0 N–H and O–H groups in total. The molecule has 52 heavy (non-hydrogen) atoms. The van der Waals surface area contributed by atoms with Crippen LogP contribution >= 0.6 is 22.7 Å².